The summed E-state index contributed by atoms with van der Waals surface area (Å²) in [6, 6.07) is 1.87. The molecule has 1 aliphatic heterocycles. The summed E-state index contributed by atoms with van der Waals surface area (Å²) in [5.41, 5.74) is 0. The van der Waals surface area contributed by atoms with Crippen molar-refractivity contribution in [2.24, 2.45) is 0 Å². The molecule has 1 unspecified atom stereocenters. The van der Waals surface area contributed by atoms with Crippen LogP contribution < -0.4 is 5.32 Å². The van der Waals surface area contributed by atoms with Crippen molar-refractivity contribution in [3.05, 3.63) is 0 Å². The lowest BCUT2D eigenvalue weighted by molar-refractivity contribution is -0.136. The molecule has 1 atom stereocenters. The standard InChI is InChI=1S/C15H27N5O2/c1-4-17-14(21)12-19-8-10-20(11-9-19)13(2)15(22)18(3)7-5-6-16/h13H,4-5,7-12H2,1-3H3,(H,17,21). The molecular weight excluding hydrogens is 282 g/mol. The molecule has 0 aliphatic carbocycles. The molecule has 7 nitrogen and oxygen atoms in total. The lowest BCUT2D eigenvalue weighted by Gasteiger charge is -2.38. The van der Waals surface area contributed by atoms with Gasteiger partial charge in [0.2, 0.25) is 11.8 Å². The average molecular weight is 309 g/mol. The molecule has 0 saturated carbocycles. The number of rotatable bonds is 7. The summed E-state index contributed by atoms with van der Waals surface area (Å²) in [7, 11) is 1.74. The Morgan fingerprint density at radius 2 is 1.95 bits per heavy atom. The van der Waals surface area contributed by atoms with Crippen LogP contribution in [0.4, 0.5) is 0 Å². The number of hydrogen-bond acceptors (Lipinski definition) is 5. The van der Waals surface area contributed by atoms with Crippen LogP contribution in [0.5, 0.6) is 0 Å². The summed E-state index contributed by atoms with van der Waals surface area (Å²) < 4.78 is 0. The van der Waals surface area contributed by atoms with E-state index < -0.39 is 0 Å². The van der Waals surface area contributed by atoms with Crippen LogP contribution in [0.25, 0.3) is 0 Å². The second-order valence-electron chi connectivity index (χ2n) is 5.61. The molecule has 22 heavy (non-hydrogen) atoms. The summed E-state index contributed by atoms with van der Waals surface area (Å²) in [6.45, 7) is 8.49. The smallest absolute Gasteiger partial charge is 0.239 e. The Bertz CT molecular complexity index is 413. The summed E-state index contributed by atoms with van der Waals surface area (Å²) in [6.07, 6.45) is 0.356. The highest BCUT2D eigenvalue weighted by Gasteiger charge is 2.27. The van der Waals surface area contributed by atoms with Gasteiger partial charge in [0, 0.05) is 46.3 Å². The van der Waals surface area contributed by atoms with Crippen molar-refractivity contribution in [1.29, 1.82) is 5.26 Å². The van der Waals surface area contributed by atoms with Crippen LogP contribution in [0.2, 0.25) is 0 Å². The zero-order chi connectivity index (χ0) is 16.5. The van der Waals surface area contributed by atoms with Crippen molar-refractivity contribution in [2.45, 2.75) is 26.3 Å². The third-order valence-corrected chi connectivity index (χ3v) is 3.99. The predicted molar refractivity (Wildman–Crippen MR) is 84.0 cm³/mol. The molecule has 0 aromatic carbocycles. The molecule has 0 radical (unpaired) electrons. The lowest BCUT2D eigenvalue weighted by Crippen LogP contribution is -2.55. The molecular formula is C15H27N5O2. The van der Waals surface area contributed by atoms with Gasteiger partial charge in [0.05, 0.1) is 25.1 Å². The van der Waals surface area contributed by atoms with Crippen LogP contribution in [0.3, 0.4) is 0 Å². The van der Waals surface area contributed by atoms with Gasteiger partial charge in [0.1, 0.15) is 0 Å². The van der Waals surface area contributed by atoms with Gasteiger partial charge in [0.15, 0.2) is 0 Å². The number of nitrogens with one attached hydrogen (secondary N) is 1. The minimum atomic E-state index is -0.185. The first kappa shape index (κ1) is 18.4. The lowest BCUT2D eigenvalue weighted by atomic mass is 10.2. The molecule has 0 aromatic rings. The maximum absolute atomic E-state index is 12.3. The van der Waals surface area contributed by atoms with Gasteiger partial charge in [0.25, 0.3) is 0 Å². The summed E-state index contributed by atoms with van der Waals surface area (Å²) in [4.78, 5) is 29.7. The maximum atomic E-state index is 12.3. The highest BCUT2D eigenvalue weighted by molar-refractivity contribution is 5.81. The molecule has 124 valence electrons. The molecule has 1 heterocycles. The first-order valence-electron chi connectivity index (χ1n) is 7.84. The number of piperazine rings is 1. The highest BCUT2D eigenvalue weighted by Crippen LogP contribution is 2.08. The summed E-state index contributed by atoms with van der Waals surface area (Å²) >= 11 is 0. The molecule has 1 saturated heterocycles. The Morgan fingerprint density at radius 1 is 1.32 bits per heavy atom. The van der Waals surface area contributed by atoms with E-state index in [9.17, 15) is 9.59 Å². The van der Waals surface area contributed by atoms with Crippen LogP contribution in [0.15, 0.2) is 0 Å². The van der Waals surface area contributed by atoms with E-state index in [-0.39, 0.29) is 17.9 Å². The second kappa shape index (κ2) is 9.38. The Hall–Kier alpha value is -1.65. The van der Waals surface area contributed by atoms with Crippen LogP contribution >= 0.6 is 0 Å². The Kier molecular flexibility index (Phi) is 7.85. The first-order chi connectivity index (χ1) is 10.5. The number of hydrogen-bond donors (Lipinski definition) is 1. The third kappa shape index (κ3) is 5.62. The van der Waals surface area contributed by atoms with Gasteiger partial charge in [-0.2, -0.15) is 5.26 Å². The number of nitriles is 1. The van der Waals surface area contributed by atoms with Crippen molar-refractivity contribution in [2.75, 3.05) is 52.9 Å². The highest BCUT2D eigenvalue weighted by atomic mass is 16.2. The van der Waals surface area contributed by atoms with Gasteiger partial charge in [-0.05, 0) is 13.8 Å². The topological polar surface area (TPSA) is 79.7 Å². The zero-order valence-electron chi connectivity index (χ0n) is 13.8. The quantitative estimate of drug-likeness (QED) is 0.686. The minimum Gasteiger partial charge on any atom is -0.355 e. The molecule has 7 heteroatoms. The van der Waals surface area contributed by atoms with E-state index >= 15 is 0 Å². The van der Waals surface area contributed by atoms with Crippen molar-refractivity contribution >= 4 is 11.8 Å². The fraction of sp³-hybridized carbons (Fsp3) is 0.800. The van der Waals surface area contributed by atoms with Crippen LogP contribution in [-0.4, -0.2) is 85.4 Å². The molecule has 1 rings (SSSR count). The number of nitrogens with zero attached hydrogens (tertiary/aromatic N) is 4. The van der Waals surface area contributed by atoms with Crippen LogP contribution in [0.1, 0.15) is 20.3 Å². The number of carbonyl (C=O) groups is 2. The van der Waals surface area contributed by atoms with Crippen molar-refractivity contribution < 1.29 is 9.59 Å². The Balaban J connectivity index is 2.38. The summed E-state index contributed by atoms with van der Waals surface area (Å²) in [5.74, 6) is 0.101. The second-order valence-corrected chi connectivity index (χ2v) is 5.61. The van der Waals surface area contributed by atoms with Gasteiger partial charge in [-0.15, -0.1) is 0 Å². The van der Waals surface area contributed by atoms with E-state index in [0.717, 1.165) is 26.2 Å². The molecule has 0 spiro atoms. The fourth-order valence-electron chi connectivity index (χ4n) is 2.57. The van der Waals surface area contributed by atoms with E-state index in [0.29, 0.717) is 26.1 Å². The molecule has 1 fully saturated rings. The minimum absolute atomic E-state index is 0.0485. The van der Waals surface area contributed by atoms with E-state index in [4.69, 9.17) is 5.26 Å². The van der Waals surface area contributed by atoms with Gasteiger partial charge >= 0.3 is 0 Å². The van der Waals surface area contributed by atoms with Gasteiger partial charge in [-0.3, -0.25) is 19.4 Å². The Morgan fingerprint density at radius 3 is 2.50 bits per heavy atom. The van der Waals surface area contributed by atoms with Crippen LogP contribution in [0, 0.1) is 11.3 Å². The largest absolute Gasteiger partial charge is 0.355 e. The van der Waals surface area contributed by atoms with Crippen molar-refractivity contribution in [3.8, 4) is 6.07 Å². The van der Waals surface area contributed by atoms with E-state index in [1.54, 1.807) is 11.9 Å². The predicted octanol–water partition coefficient (Wildman–Crippen LogP) is -0.499. The van der Waals surface area contributed by atoms with Crippen molar-refractivity contribution in [1.82, 2.24) is 20.0 Å². The van der Waals surface area contributed by atoms with Gasteiger partial charge in [-0.25, -0.2) is 0 Å². The SMILES string of the molecule is CCNC(=O)CN1CCN(C(C)C(=O)N(C)CCC#N)CC1. The molecule has 2 amide bonds. The van der Waals surface area contributed by atoms with Gasteiger partial charge in [-0.1, -0.05) is 0 Å². The number of carbonyl (C=O) groups excluding carboxylic acids is 2. The molecule has 0 bridgehead atoms. The third-order valence-electron chi connectivity index (χ3n) is 3.99. The van der Waals surface area contributed by atoms with Crippen LogP contribution in [-0.2, 0) is 9.59 Å². The zero-order valence-corrected chi connectivity index (χ0v) is 13.8. The van der Waals surface area contributed by atoms with E-state index in [2.05, 4.69) is 21.2 Å². The Labute approximate surface area is 132 Å². The number of amides is 2. The average Bonchev–Trinajstić information content (AvgIpc) is 2.52. The molecule has 1 N–H and O–H groups in total. The molecule has 1 aliphatic rings. The van der Waals surface area contributed by atoms with Gasteiger partial charge < -0.3 is 10.2 Å². The first-order valence-corrected chi connectivity index (χ1v) is 7.84. The summed E-state index contributed by atoms with van der Waals surface area (Å²) in [5, 5.41) is 11.4. The normalized spacial score (nSPS) is 17.5. The fourth-order valence-corrected chi connectivity index (χ4v) is 2.57. The maximum Gasteiger partial charge on any atom is 0.239 e. The van der Waals surface area contributed by atoms with E-state index in [1.165, 1.54) is 0 Å². The van der Waals surface area contributed by atoms with Crippen molar-refractivity contribution in [3.63, 3.8) is 0 Å². The number of likely N-dealkylation sites (N-methyl/N-ethyl adjacent to an activating group) is 2. The van der Waals surface area contributed by atoms with E-state index in [1.807, 2.05) is 13.8 Å². The molecule has 0 aromatic heterocycles. The monoisotopic (exact) mass is 309 g/mol.